The van der Waals surface area contributed by atoms with Crippen LogP contribution >= 0.6 is 12.4 Å². The predicted octanol–water partition coefficient (Wildman–Crippen LogP) is 1.90. The highest BCUT2D eigenvalue weighted by atomic mass is 35.5. The van der Waals surface area contributed by atoms with Crippen molar-refractivity contribution in [2.24, 2.45) is 5.73 Å². The zero-order chi connectivity index (χ0) is 14.9. The zero-order valence-electron chi connectivity index (χ0n) is 12.4. The quantitative estimate of drug-likeness (QED) is 0.867. The van der Waals surface area contributed by atoms with Crippen LogP contribution in [0.2, 0.25) is 0 Å². The van der Waals surface area contributed by atoms with E-state index in [1.807, 2.05) is 6.07 Å². The van der Waals surface area contributed by atoms with Crippen LogP contribution in [0.1, 0.15) is 31.2 Å². The second kappa shape index (κ2) is 6.94. The van der Waals surface area contributed by atoms with Crippen molar-refractivity contribution in [2.45, 2.75) is 43.3 Å². The maximum atomic E-state index is 13.3. The molecule has 4 nitrogen and oxygen atoms in total. The molecule has 0 radical (unpaired) electrons. The molecule has 1 aliphatic heterocycles. The molecule has 1 heterocycles. The summed E-state index contributed by atoms with van der Waals surface area (Å²) in [6, 6.07) is 6.66. The SMILES string of the molecule is Cl.NC[C@H]1CC[C@@H](C(=O)NCC2(c3cccc(F)c3)CC2)O1. The molecule has 0 bridgehead atoms. The largest absolute Gasteiger partial charge is 0.364 e. The topological polar surface area (TPSA) is 64.4 Å². The van der Waals surface area contributed by atoms with Crippen LogP contribution in [0, 0.1) is 5.82 Å². The molecule has 122 valence electrons. The summed E-state index contributed by atoms with van der Waals surface area (Å²) in [4.78, 5) is 12.1. The molecule has 3 N–H and O–H groups in total. The van der Waals surface area contributed by atoms with Gasteiger partial charge >= 0.3 is 0 Å². The Morgan fingerprint density at radius 1 is 1.41 bits per heavy atom. The van der Waals surface area contributed by atoms with Crippen LogP contribution in [0.25, 0.3) is 0 Å². The third-order valence-corrected chi connectivity index (χ3v) is 4.55. The minimum Gasteiger partial charge on any atom is -0.364 e. The summed E-state index contributed by atoms with van der Waals surface area (Å²) in [5.74, 6) is -0.302. The molecule has 6 heteroatoms. The summed E-state index contributed by atoms with van der Waals surface area (Å²) in [5, 5.41) is 2.96. The summed E-state index contributed by atoms with van der Waals surface area (Å²) in [6.07, 6.45) is 3.13. The fourth-order valence-electron chi connectivity index (χ4n) is 2.98. The van der Waals surface area contributed by atoms with E-state index < -0.39 is 0 Å². The normalized spacial score (nSPS) is 25.4. The highest BCUT2D eigenvalue weighted by Crippen LogP contribution is 2.47. The highest BCUT2D eigenvalue weighted by Gasteiger charge is 2.45. The Balaban J connectivity index is 0.00000176. The van der Waals surface area contributed by atoms with Gasteiger partial charge in [0.05, 0.1) is 6.10 Å². The molecule has 1 saturated heterocycles. The number of ether oxygens (including phenoxy) is 1. The Morgan fingerprint density at radius 2 is 2.18 bits per heavy atom. The number of amides is 1. The molecule has 0 unspecified atom stereocenters. The number of rotatable bonds is 5. The minimum atomic E-state index is -0.387. The summed E-state index contributed by atoms with van der Waals surface area (Å²) < 4.78 is 18.9. The molecule has 0 aromatic heterocycles. The van der Waals surface area contributed by atoms with Gasteiger partial charge in [-0.15, -0.1) is 12.4 Å². The van der Waals surface area contributed by atoms with Crippen molar-refractivity contribution in [1.29, 1.82) is 0 Å². The lowest BCUT2D eigenvalue weighted by molar-refractivity contribution is -0.131. The Morgan fingerprint density at radius 3 is 2.77 bits per heavy atom. The van der Waals surface area contributed by atoms with Crippen molar-refractivity contribution in [2.75, 3.05) is 13.1 Å². The maximum absolute atomic E-state index is 13.3. The summed E-state index contributed by atoms with van der Waals surface area (Å²) >= 11 is 0. The summed E-state index contributed by atoms with van der Waals surface area (Å²) in [6.45, 7) is 0.999. The van der Waals surface area contributed by atoms with E-state index in [0.29, 0.717) is 13.1 Å². The lowest BCUT2D eigenvalue weighted by Crippen LogP contribution is -2.39. The molecular weight excluding hydrogens is 307 g/mol. The van der Waals surface area contributed by atoms with Gasteiger partial charge in [-0.1, -0.05) is 12.1 Å². The number of carbonyl (C=O) groups is 1. The van der Waals surface area contributed by atoms with Gasteiger partial charge in [-0.25, -0.2) is 4.39 Å². The van der Waals surface area contributed by atoms with Crippen molar-refractivity contribution < 1.29 is 13.9 Å². The van der Waals surface area contributed by atoms with Crippen LogP contribution in [-0.2, 0) is 14.9 Å². The lowest BCUT2D eigenvalue weighted by atomic mass is 9.95. The third-order valence-electron chi connectivity index (χ3n) is 4.55. The van der Waals surface area contributed by atoms with Crippen LogP contribution in [0.3, 0.4) is 0 Å². The van der Waals surface area contributed by atoms with E-state index in [0.717, 1.165) is 31.2 Å². The van der Waals surface area contributed by atoms with Crippen molar-refractivity contribution in [3.8, 4) is 0 Å². The first-order valence-corrected chi connectivity index (χ1v) is 7.52. The van der Waals surface area contributed by atoms with Crippen molar-refractivity contribution in [1.82, 2.24) is 5.32 Å². The Bertz CT molecular complexity index is 537. The first-order chi connectivity index (χ1) is 10.1. The first-order valence-electron chi connectivity index (χ1n) is 7.52. The van der Waals surface area contributed by atoms with Gasteiger partial charge in [0.1, 0.15) is 11.9 Å². The molecule has 2 atom stereocenters. The van der Waals surface area contributed by atoms with E-state index in [-0.39, 0.29) is 41.8 Å². The van der Waals surface area contributed by atoms with E-state index >= 15 is 0 Å². The predicted molar refractivity (Wildman–Crippen MR) is 84.5 cm³/mol. The van der Waals surface area contributed by atoms with Crippen LogP contribution in [0.5, 0.6) is 0 Å². The van der Waals surface area contributed by atoms with Gasteiger partial charge in [0.25, 0.3) is 0 Å². The second-order valence-corrected chi connectivity index (χ2v) is 6.07. The standard InChI is InChI=1S/C16H21FN2O2.ClH/c17-12-3-1-2-11(8-12)16(6-7-16)10-19-15(20)14-5-4-13(9-18)21-14;/h1-3,8,13-14H,4-7,9-10,18H2,(H,19,20);1H/t13-,14+;/m1./s1. The number of nitrogens with one attached hydrogen (secondary N) is 1. The highest BCUT2D eigenvalue weighted by molar-refractivity contribution is 5.85. The monoisotopic (exact) mass is 328 g/mol. The first kappa shape index (κ1) is 17.2. The number of nitrogens with two attached hydrogens (primary N) is 1. The van der Waals surface area contributed by atoms with Gasteiger partial charge < -0.3 is 15.8 Å². The van der Waals surface area contributed by atoms with Crippen LogP contribution in [0.4, 0.5) is 4.39 Å². The average molecular weight is 329 g/mol. The molecule has 1 aromatic rings. The Labute approximate surface area is 136 Å². The maximum Gasteiger partial charge on any atom is 0.249 e. The lowest BCUT2D eigenvalue weighted by Gasteiger charge is -2.19. The van der Waals surface area contributed by atoms with Gasteiger partial charge in [0.2, 0.25) is 5.91 Å². The fourth-order valence-corrected chi connectivity index (χ4v) is 2.98. The van der Waals surface area contributed by atoms with Gasteiger partial charge in [-0.2, -0.15) is 0 Å². The molecule has 0 spiro atoms. The van der Waals surface area contributed by atoms with Crippen molar-refractivity contribution in [3.05, 3.63) is 35.6 Å². The Hall–Kier alpha value is -1.17. The fraction of sp³-hybridized carbons (Fsp3) is 0.562. The molecule has 3 rings (SSSR count). The molecule has 22 heavy (non-hydrogen) atoms. The van der Waals surface area contributed by atoms with E-state index in [2.05, 4.69) is 5.32 Å². The molecule has 1 saturated carbocycles. The number of hydrogen-bond donors (Lipinski definition) is 2. The number of benzene rings is 1. The van der Waals surface area contributed by atoms with Gasteiger partial charge in [0, 0.05) is 18.5 Å². The summed E-state index contributed by atoms with van der Waals surface area (Å²) in [5.41, 5.74) is 6.42. The van der Waals surface area contributed by atoms with Gasteiger partial charge in [0.15, 0.2) is 0 Å². The van der Waals surface area contributed by atoms with Gasteiger partial charge in [-0.05, 0) is 43.4 Å². The molecule has 1 aromatic carbocycles. The zero-order valence-corrected chi connectivity index (χ0v) is 13.2. The smallest absolute Gasteiger partial charge is 0.249 e. The van der Waals surface area contributed by atoms with E-state index in [4.69, 9.17) is 10.5 Å². The molecule has 1 aliphatic carbocycles. The number of hydrogen-bond acceptors (Lipinski definition) is 3. The molecule has 1 amide bonds. The average Bonchev–Trinajstić information content (AvgIpc) is 3.13. The minimum absolute atomic E-state index is 0. The van der Waals surface area contributed by atoms with Crippen LogP contribution in [0.15, 0.2) is 24.3 Å². The molecule has 2 aliphatic rings. The molecule has 2 fully saturated rings. The van der Waals surface area contributed by atoms with E-state index in [1.165, 1.54) is 6.07 Å². The van der Waals surface area contributed by atoms with Crippen molar-refractivity contribution in [3.63, 3.8) is 0 Å². The number of halogens is 2. The van der Waals surface area contributed by atoms with Crippen molar-refractivity contribution >= 4 is 18.3 Å². The van der Waals surface area contributed by atoms with Crippen LogP contribution in [-0.4, -0.2) is 31.2 Å². The molecular formula is C16H22ClFN2O2. The third kappa shape index (κ3) is 3.59. The second-order valence-electron chi connectivity index (χ2n) is 6.07. The van der Waals surface area contributed by atoms with E-state index in [9.17, 15) is 9.18 Å². The van der Waals surface area contributed by atoms with Gasteiger partial charge in [-0.3, -0.25) is 4.79 Å². The van der Waals surface area contributed by atoms with Crippen LogP contribution < -0.4 is 11.1 Å². The number of carbonyl (C=O) groups excluding carboxylic acids is 1. The Kier molecular flexibility index (Phi) is 5.42. The van der Waals surface area contributed by atoms with E-state index in [1.54, 1.807) is 12.1 Å². The summed E-state index contributed by atoms with van der Waals surface area (Å²) in [7, 11) is 0.